The highest BCUT2D eigenvalue weighted by Gasteiger charge is 2.25. The van der Waals surface area contributed by atoms with Crippen LogP contribution in [0, 0.1) is 0 Å². The van der Waals surface area contributed by atoms with Crippen LogP contribution in [0.15, 0.2) is 75.4 Å². The Balaban J connectivity index is 1.36. The maximum absolute atomic E-state index is 13.2. The van der Waals surface area contributed by atoms with Crippen LogP contribution in [0.3, 0.4) is 0 Å². The van der Waals surface area contributed by atoms with Gasteiger partial charge in [0.2, 0.25) is 0 Å². The highest BCUT2D eigenvalue weighted by molar-refractivity contribution is 8.04. The van der Waals surface area contributed by atoms with Crippen LogP contribution in [-0.2, 0) is 20.4 Å². The van der Waals surface area contributed by atoms with Crippen LogP contribution in [0.4, 0.5) is 11.4 Å². The lowest BCUT2D eigenvalue weighted by molar-refractivity contribution is -0.112. The lowest BCUT2D eigenvalue weighted by Crippen LogP contribution is -2.44. The lowest BCUT2D eigenvalue weighted by Gasteiger charge is -2.34. The van der Waals surface area contributed by atoms with E-state index in [0.717, 1.165) is 37.4 Å². The van der Waals surface area contributed by atoms with Crippen molar-refractivity contribution in [3.05, 3.63) is 86.7 Å². The van der Waals surface area contributed by atoms with Crippen molar-refractivity contribution in [3.8, 4) is 0 Å². The molecule has 2 heterocycles. The molecule has 1 amide bonds. The molecule has 0 atom stereocenters. The van der Waals surface area contributed by atoms with Crippen molar-refractivity contribution in [1.82, 2.24) is 4.90 Å². The first-order chi connectivity index (χ1) is 17.7. The minimum Gasteiger partial charge on any atom is -0.369 e. The molecule has 0 radical (unpaired) electrons. The van der Waals surface area contributed by atoms with E-state index in [1.807, 2.05) is 18.2 Å². The number of thioether (sulfide) groups is 1. The van der Waals surface area contributed by atoms with Gasteiger partial charge in [-0.3, -0.25) is 4.79 Å². The number of carbonyl (C=O) groups is 1. The molecule has 1 N–H and O–H groups in total. The number of likely N-dealkylation sites (N-methyl/N-ethyl adjacent to an activating group) is 1. The molecule has 0 unspecified atom stereocenters. The Labute approximate surface area is 231 Å². The molecule has 0 aliphatic carbocycles. The Hall–Kier alpha value is -2.49. The van der Waals surface area contributed by atoms with Crippen molar-refractivity contribution in [1.29, 1.82) is 0 Å². The predicted octanol–water partition coefficient (Wildman–Crippen LogP) is 5.80. The van der Waals surface area contributed by atoms with Crippen molar-refractivity contribution in [3.63, 3.8) is 0 Å². The molecule has 3 aromatic carbocycles. The maximum atomic E-state index is 13.2. The first kappa shape index (κ1) is 26.1. The third kappa shape index (κ3) is 5.84. The molecule has 2 aliphatic rings. The smallest absolute Gasteiger partial charge is 0.262 e. The number of amides is 1. The van der Waals surface area contributed by atoms with Crippen molar-refractivity contribution >= 4 is 68.2 Å². The molecule has 5 rings (SSSR count). The van der Waals surface area contributed by atoms with Crippen LogP contribution in [0.25, 0.3) is 6.08 Å². The van der Waals surface area contributed by atoms with Gasteiger partial charge in [0.1, 0.15) is 0 Å². The van der Waals surface area contributed by atoms with E-state index in [1.165, 1.54) is 17.8 Å². The molecule has 0 spiro atoms. The number of halogens is 2. The second-order valence-electron chi connectivity index (χ2n) is 9.06. The Bertz CT molecular complexity index is 1460. The molecule has 192 valence electrons. The Morgan fingerprint density at radius 2 is 1.65 bits per heavy atom. The summed E-state index contributed by atoms with van der Waals surface area (Å²) in [6, 6.07) is 17.7. The average Bonchev–Trinajstić information content (AvgIpc) is 2.87. The van der Waals surface area contributed by atoms with E-state index >= 15 is 0 Å². The first-order valence-corrected chi connectivity index (χ1v) is 15.0. The van der Waals surface area contributed by atoms with Crippen LogP contribution in [-0.4, -0.2) is 52.5 Å². The summed E-state index contributed by atoms with van der Waals surface area (Å²) in [5.74, 6) is -0.539. The molecule has 6 nitrogen and oxygen atoms in total. The summed E-state index contributed by atoms with van der Waals surface area (Å²) in [5.41, 5.74) is 3.00. The summed E-state index contributed by atoms with van der Waals surface area (Å²) >= 11 is 13.6. The van der Waals surface area contributed by atoms with E-state index in [4.69, 9.17) is 23.2 Å². The van der Waals surface area contributed by atoms with E-state index in [0.29, 0.717) is 31.1 Å². The molecule has 3 aromatic rings. The van der Waals surface area contributed by atoms with Crippen LogP contribution in [0.1, 0.15) is 11.1 Å². The zero-order valence-corrected chi connectivity index (χ0v) is 23.2. The van der Waals surface area contributed by atoms with Gasteiger partial charge in [0.05, 0.1) is 21.2 Å². The number of sulfone groups is 1. The highest BCUT2D eigenvalue weighted by atomic mass is 35.5. The molecular formula is C27H25Cl2N3O3S2. The summed E-state index contributed by atoms with van der Waals surface area (Å²) in [6.07, 6.45) is 1.82. The summed E-state index contributed by atoms with van der Waals surface area (Å²) in [5, 5.41) is 3.48. The Kier molecular flexibility index (Phi) is 7.56. The number of hydrogen-bond acceptors (Lipinski definition) is 6. The fourth-order valence-corrected chi connectivity index (χ4v) is 7.45. The summed E-state index contributed by atoms with van der Waals surface area (Å²) in [7, 11) is -1.59. The third-order valence-electron chi connectivity index (χ3n) is 6.46. The SMILES string of the molecule is CN1CCN(c2ccc(/C=C3/Sc4cc(S(=O)(=O)Cc5c(Cl)cccc5Cl)ccc4NC3=O)cc2)CC1. The van der Waals surface area contributed by atoms with Gasteiger partial charge in [-0.25, -0.2) is 8.42 Å². The van der Waals surface area contributed by atoms with Crippen LogP contribution in [0.2, 0.25) is 10.0 Å². The van der Waals surface area contributed by atoms with E-state index in [-0.39, 0.29) is 16.6 Å². The summed E-state index contributed by atoms with van der Waals surface area (Å²) in [4.78, 5) is 18.7. The number of benzene rings is 3. The van der Waals surface area contributed by atoms with Gasteiger partial charge in [0, 0.05) is 52.4 Å². The Morgan fingerprint density at radius 3 is 2.32 bits per heavy atom. The fourth-order valence-electron chi connectivity index (χ4n) is 4.27. The zero-order chi connectivity index (χ0) is 26.2. The van der Waals surface area contributed by atoms with Crippen molar-refractivity contribution in [2.45, 2.75) is 15.5 Å². The minimum absolute atomic E-state index is 0.141. The van der Waals surface area contributed by atoms with Gasteiger partial charge < -0.3 is 15.1 Å². The van der Waals surface area contributed by atoms with Gasteiger partial charge in [0.15, 0.2) is 9.84 Å². The number of nitrogens with zero attached hydrogens (tertiary/aromatic N) is 2. The lowest BCUT2D eigenvalue weighted by atomic mass is 10.1. The largest absolute Gasteiger partial charge is 0.369 e. The zero-order valence-electron chi connectivity index (χ0n) is 20.1. The molecular weight excluding hydrogens is 549 g/mol. The average molecular weight is 575 g/mol. The molecule has 2 aliphatic heterocycles. The Morgan fingerprint density at radius 1 is 0.973 bits per heavy atom. The number of carbonyl (C=O) groups excluding carboxylic acids is 1. The minimum atomic E-state index is -3.72. The molecule has 0 bridgehead atoms. The van der Waals surface area contributed by atoms with E-state index in [2.05, 4.69) is 34.3 Å². The molecule has 37 heavy (non-hydrogen) atoms. The fraction of sp³-hybridized carbons (Fsp3) is 0.222. The van der Waals surface area contributed by atoms with E-state index in [9.17, 15) is 13.2 Å². The van der Waals surface area contributed by atoms with Crippen LogP contribution in [0.5, 0.6) is 0 Å². The predicted molar refractivity (Wildman–Crippen MR) is 152 cm³/mol. The highest BCUT2D eigenvalue weighted by Crippen LogP contribution is 2.41. The quantitative estimate of drug-likeness (QED) is 0.389. The topological polar surface area (TPSA) is 69.7 Å². The second-order valence-corrected chi connectivity index (χ2v) is 13.0. The van der Waals surface area contributed by atoms with Gasteiger partial charge in [0.25, 0.3) is 5.91 Å². The monoisotopic (exact) mass is 573 g/mol. The number of anilines is 2. The molecule has 10 heteroatoms. The van der Waals surface area contributed by atoms with Gasteiger partial charge in [-0.1, -0.05) is 53.2 Å². The van der Waals surface area contributed by atoms with E-state index in [1.54, 1.807) is 30.3 Å². The van der Waals surface area contributed by atoms with Gasteiger partial charge in [-0.2, -0.15) is 0 Å². The number of fused-ring (bicyclic) bond motifs is 1. The van der Waals surface area contributed by atoms with Gasteiger partial charge in [-0.05, 0) is 61.2 Å². The third-order valence-corrected chi connectivity index (χ3v) is 9.89. The molecule has 1 fully saturated rings. The molecule has 0 saturated carbocycles. The summed E-state index contributed by atoms with van der Waals surface area (Å²) < 4.78 is 26.3. The number of hydrogen-bond donors (Lipinski definition) is 1. The number of piperazine rings is 1. The van der Waals surface area contributed by atoms with Crippen LogP contribution < -0.4 is 10.2 Å². The van der Waals surface area contributed by atoms with Crippen molar-refractivity contribution < 1.29 is 13.2 Å². The summed E-state index contributed by atoms with van der Waals surface area (Å²) in [6.45, 7) is 4.04. The van der Waals surface area contributed by atoms with Crippen molar-refractivity contribution in [2.24, 2.45) is 0 Å². The molecule has 0 aromatic heterocycles. The molecule has 1 saturated heterocycles. The second kappa shape index (κ2) is 10.7. The number of nitrogens with one attached hydrogen (secondary N) is 1. The normalized spacial score (nSPS) is 17.5. The van der Waals surface area contributed by atoms with Gasteiger partial charge in [-0.15, -0.1) is 0 Å². The van der Waals surface area contributed by atoms with Crippen molar-refractivity contribution in [2.75, 3.05) is 43.4 Å². The van der Waals surface area contributed by atoms with E-state index < -0.39 is 9.84 Å². The maximum Gasteiger partial charge on any atom is 0.262 e. The standard InChI is InChI=1S/C27H25Cl2N3O3S2/c1-31-11-13-32(14-12-31)19-7-5-18(6-8-19)15-26-27(33)30-24-10-9-20(16-25(24)36-26)37(34,35)17-21-22(28)3-2-4-23(21)29/h2-10,15-16H,11-14,17H2,1H3,(H,30,33)/b26-15+. The van der Waals surface area contributed by atoms with Crippen LogP contribution >= 0.6 is 35.0 Å². The first-order valence-electron chi connectivity index (χ1n) is 11.7. The number of rotatable bonds is 5. The van der Waals surface area contributed by atoms with Gasteiger partial charge >= 0.3 is 0 Å².